The molecule has 1 aromatic heterocycles. The first kappa shape index (κ1) is 16.6. The number of methoxy groups -OCH3 is 2. The van der Waals surface area contributed by atoms with Gasteiger partial charge in [0.1, 0.15) is 0 Å². The van der Waals surface area contributed by atoms with Crippen LogP contribution in [0.5, 0.6) is 0 Å². The van der Waals surface area contributed by atoms with Crippen molar-refractivity contribution >= 4 is 5.91 Å². The highest BCUT2D eigenvalue weighted by molar-refractivity contribution is 5.81. The van der Waals surface area contributed by atoms with Gasteiger partial charge in [0.2, 0.25) is 5.91 Å². The molecule has 0 spiro atoms. The van der Waals surface area contributed by atoms with Gasteiger partial charge in [0, 0.05) is 33.6 Å². The Kier molecular flexibility index (Phi) is 7.79. The molecule has 6 heteroatoms. The van der Waals surface area contributed by atoms with E-state index in [1.54, 1.807) is 25.3 Å². The van der Waals surface area contributed by atoms with Gasteiger partial charge < -0.3 is 20.1 Å². The van der Waals surface area contributed by atoms with Crippen molar-refractivity contribution in [1.82, 2.24) is 9.88 Å². The van der Waals surface area contributed by atoms with Crippen LogP contribution in [-0.4, -0.2) is 55.8 Å². The number of pyridine rings is 1. The fourth-order valence-electron chi connectivity index (χ4n) is 1.76. The minimum Gasteiger partial charge on any atom is -0.385 e. The Hall–Kier alpha value is -1.50. The molecule has 0 radical (unpaired) electrons. The van der Waals surface area contributed by atoms with Crippen molar-refractivity contribution in [3.8, 4) is 0 Å². The third-order valence-corrected chi connectivity index (χ3v) is 2.91. The first-order valence-corrected chi connectivity index (χ1v) is 6.61. The van der Waals surface area contributed by atoms with Gasteiger partial charge in [-0.15, -0.1) is 0 Å². The molecule has 0 fully saturated rings. The van der Waals surface area contributed by atoms with Crippen LogP contribution in [0, 0.1) is 0 Å². The molecular weight excluding hydrogens is 258 g/mol. The molecule has 0 aromatic carbocycles. The zero-order valence-corrected chi connectivity index (χ0v) is 12.1. The van der Waals surface area contributed by atoms with Gasteiger partial charge in [0.05, 0.1) is 24.9 Å². The maximum atomic E-state index is 12.3. The molecule has 1 aromatic rings. The third-order valence-electron chi connectivity index (χ3n) is 2.91. The van der Waals surface area contributed by atoms with Crippen molar-refractivity contribution in [2.24, 2.45) is 5.73 Å². The number of aromatic nitrogens is 1. The maximum absolute atomic E-state index is 12.3. The molecule has 1 amide bonds. The topological polar surface area (TPSA) is 77.7 Å². The maximum Gasteiger partial charge on any atom is 0.240 e. The predicted octanol–water partition coefficient (Wildman–Crippen LogP) is 0.420. The van der Waals surface area contributed by atoms with Crippen molar-refractivity contribution in [3.63, 3.8) is 0 Å². The second-order valence-electron chi connectivity index (χ2n) is 4.46. The molecule has 0 bridgehead atoms. The summed E-state index contributed by atoms with van der Waals surface area (Å²) in [5.41, 5.74) is 6.73. The van der Waals surface area contributed by atoms with Gasteiger partial charge in [-0.05, 0) is 18.6 Å². The average molecular weight is 281 g/mol. The van der Waals surface area contributed by atoms with Crippen LogP contribution in [0.25, 0.3) is 0 Å². The summed E-state index contributed by atoms with van der Waals surface area (Å²) in [6.07, 6.45) is 2.21. The minimum absolute atomic E-state index is 0.107. The highest BCUT2D eigenvalue weighted by Crippen LogP contribution is 2.05. The van der Waals surface area contributed by atoms with E-state index < -0.39 is 6.04 Å². The second kappa shape index (κ2) is 9.41. The Balaban J connectivity index is 2.65. The van der Waals surface area contributed by atoms with Crippen LogP contribution in [0.2, 0.25) is 0 Å². The largest absolute Gasteiger partial charge is 0.385 e. The van der Waals surface area contributed by atoms with Gasteiger partial charge in [0.15, 0.2) is 0 Å². The fraction of sp³-hybridized carbons (Fsp3) is 0.571. The number of hydrogen-bond donors (Lipinski definition) is 1. The lowest BCUT2D eigenvalue weighted by molar-refractivity contribution is -0.134. The highest BCUT2D eigenvalue weighted by atomic mass is 16.5. The Morgan fingerprint density at radius 2 is 2.10 bits per heavy atom. The van der Waals surface area contributed by atoms with Crippen LogP contribution in [0.1, 0.15) is 12.1 Å². The quantitative estimate of drug-likeness (QED) is 0.710. The summed E-state index contributed by atoms with van der Waals surface area (Å²) >= 11 is 0. The van der Waals surface area contributed by atoms with Crippen molar-refractivity contribution in [1.29, 1.82) is 0 Å². The van der Waals surface area contributed by atoms with Crippen LogP contribution in [-0.2, 0) is 20.8 Å². The van der Waals surface area contributed by atoms with E-state index in [1.165, 1.54) is 0 Å². The number of nitrogens with two attached hydrogens (primary N) is 1. The summed E-state index contributed by atoms with van der Waals surface area (Å²) < 4.78 is 10.00. The Labute approximate surface area is 119 Å². The molecule has 0 aliphatic heterocycles. The summed E-state index contributed by atoms with van der Waals surface area (Å²) in [7, 11) is 3.20. The van der Waals surface area contributed by atoms with Crippen LogP contribution < -0.4 is 5.73 Å². The van der Waals surface area contributed by atoms with Crippen molar-refractivity contribution in [2.45, 2.75) is 19.0 Å². The first-order valence-electron chi connectivity index (χ1n) is 6.61. The number of carbonyl (C=O) groups is 1. The molecule has 0 aliphatic carbocycles. The van der Waals surface area contributed by atoms with E-state index in [0.717, 1.165) is 5.69 Å². The molecule has 1 atom stereocenters. The lowest BCUT2D eigenvalue weighted by atomic mass is 10.2. The SMILES string of the molecule is COCCC(N)C(=O)N(CCOC)Cc1ccccn1. The van der Waals surface area contributed by atoms with E-state index in [-0.39, 0.29) is 5.91 Å². The molecule has 0 saturated heterocycles. The second-order valence-corrected chi connectivity index (χ2v) is 4.46. The molecule has 112 valence electrons. The van der Waals surface area contributed by atoms with E-state index >= 15 is 0 Å². The Morgan fingerprint density at radius 3 is 2.70 bits per heavy atom. The summed E-state index contributed by atoms with van der Waals surface area (Å²) in [5.74, 6) is -0.107. The number of nitrogens with zero attached hydrogens (tertiary/aromatic N) is 2. The summed E-state index contributed by atoms with van der Waals surface area (Å²) in [4.78, 5) is 18.2. The monoisotopic (exact) mass is 281 g/mol. The van der Waals surface area contributed by atoms with Crippen LogP contribution in [0.3, 0.4) is 0 Å². The summed E-state index contributed by atoms with van der Waals surface area (Å²) in [6.45, 7) is 1.86. The van der Waals surface area contributed by atoms with Crippen molar-refractivity contribution in [3.05, 3.63) is 30.1 Å². The molecule has 6 nitrogen and oxygen atoms in total. The van der Waals surface area contributed by atoms with E-state index in [2.05, 4.69) is 4.98 Å². The number of amides is 1. The van der Waals surface area contributed by atoms with E-state index in [0.29, 0.717) is 32.7 Å². The molecule has 1 unspecified atom stereocenters. The number of hydrogen-bond acceptors (Lipinski definition) is 5. The van der Waals surface area contributed by atoms with Crippen LogP contribution in [0.15, 0.2) is 24.4 Å². The van der Waals surface area contributed by atoms with Gasteiger partial charge in [-0.2, -0.15) is 0 Å². The van der Waals surface area contributed by atoms with Crippen LogP contribution >= 0.6 is 0 Å². The molecule has 0 aliphatic rings. The lowest BCUT2D eigenvalue weighted by Gasteiger charge is -2.25. The molecular formula is C14H23N3O3. The van der Waals surface area contributed by atoms with Gasteiger partial charge in [-0.1, -0.05) is 6.07 Å². The van der Waals surface area contributed by atoms with Crippen molar-refractivity contribution < 1.29 is 14.3 Å². The molecule has 1 rings (SSSR count). The van der Waals surface area contributed by atoms with E-state index in [1.807, 2.05) is 18.2 Å². The molecule has 20 heavy (non-hydrogen) atoms. The van der Waals surface area contributed by atoms with Gasteiger partial charge in [-0.25, -0.2) is 0 Å². The number of carbonyl (C=O) groups excluding carboxylic acids is 1. The predicted molar refractivity (Wildman–Crippen MR) is 76.0 cm³/mol. The number of ether oxygens (including phenoxy) is 2. The van der Waals surface area contributed by atoms with E-state index in [4.69, 9.17) is 15.2 Å². The molecule has 0 saturated carbocycles. The third kappa shape index (κ3) is 5.64. The normalized spacial score (nSPS) is 12.2. The smallest absolute Gasteiger partial charge is 0.240 e. The summed E-state index contributed by atoms with van der Waals surface area (Å²) in [5, 5.41) is 0. The lowest BCUT2D eigenvalue weighted by Crippen LogP contribution is -2.45. The van der Waals surface area contributed by atoms with Crippen LogP contribution in [0.4, 0.5) is 0 Å². The van der Waals surface area contributed by atoms with E-state index in [9.17, 15) is 4.79 Å². The van der Waals surface area contributed by atoms with Gasteiger partial charge in [-0.3, -0.25) is 9.78 Å². The summed E-state index contributed by atoms with van der Waals surface area (Å²) in [6, 6.07) is 5.06. The Morgan fingerprint density at radius 1 is 1.35 bits per heavy atom. The van der Waals surface area contributed by atoms with Gasteiger partial charge in [0.25, 0.3) is 0 Å². The molecule has 1 heterocycles. The fourth-order valence-corrected chi connectivity index (χ4v) is 1.76. The number of rotatable bonds is 9. The zero-order valence-electron chi connectivity index (χ0n) is 12.1. The average Bonchev–Trinajstić information content (AvgIpc) is 2.49. The first-order chi connectivity index (χ1) is 9.69. The Bertz CT molecular complexity index is 387. The molecule has 2 N–H and O–H groups in total. The standard InChI is InChI=1S/C14H23N3O3/c1-19-9-6-13(15)14(18)17(8-10-20-2)11-12-5-3-4-7-16-12/h3-5,7,13H,6,8-11,15H2,1-2H3. The zero-order chi connectivity index (χ0) is 14.8. The minimum atomic E-state index is -0.560. The highest BCUT2D eigenvalue weighted by Gasteiger charge is 2.21. The van der Waals surface area contributed by atoms with Gasteiger partial charge >= 0.3 is 0 Å². The van der Waals surface area contributed by atoms with Crippen molar-refractivity contribution in [2.75, 3.05) is 34.0 Å².